The molecule has 1 aliphatic carbocycles. The van der Waals surface area contributed by atoms with Crippen molar-refractivity contribution in [3.63, 3.8) is 0 Å². The summed E-state index contributed by atoms with van der Waals surface area (Å²) >= 11 is 2.10. The van der Waals surface area contributed by atoms with Gasteiger partial charge in [0.1, 0.15) is 0 Å². The number of ether oxygens (including phenoxy) is 2. The Bertz CT molecular complexity index is 195. The molecule has 3 nitrogen and oxygen atoms in total. The van der Waals surface area contributed by atoms with Gasteiger partial charge in [-0.15, -0.1) is 0 Å². The van der Waals surface area contributed by atoms with Gasteiger partial charge < -0.3 is 14.8 Å². The minimum Gasteiger partial charge on any atom is -0.349 e. The predicted molar refractivity (Wildman–Crippen MR) is 67.9 cm³/mol. The van der Waals surface area contributed by atoms with Crippen molar-refractivity contribution in [3.05, 3.63) is 0 Å². The van der Waals surface area contributed by atoms with Crippen molar-refractivity contribution in [2.75, 3.05) is 25.5 Å². The minimum absolute atomic E-state index is 0.00537. The van der Waals surface area contributed by atoms with E-state index >= 15 is 0 Å². The highest BCUT2D eigenvalue weighted by molar-refractivity contribution is 7.99. The Hall–Kier alpha value is 0.230. The highest BCUT2D eigenvalue weighted by Gasteiger charge is 2.26. The first-order valence-corrected chi connectivity index (χ1v) is 7.53. The van der Waals surface area contributed by atoms with Crippen LogP contribution in [0.5, 0.6) is 0 Å². The van der Waals surface area contributed by atoms with Gasteiger partial charge in [-0.05, 0) is 18.6 Å². The van der Waals surface area contributed by atoms with Crippen molar-refractivity contribution >= 4 is 11.8 Å². The summed E-state index contributed by atoms with van der Waals surface area (Å²) in [6, 6.07) is 0.659. The lowest BCUT2D eigenvalue weighted by atomic mass is 9.95. The standard InChI is InChI=1S/C12H23NO2S/c1-2-16-11-6-4-3-5-10(11)13-9-12-14-7-8-15-12/h10-13H,2-9H2,1H3/t10-,11+/m0/s1. The minimum atomic E-state index is -0.00537. The average molecular weight is 245 g/mol. The van der Waals surface area contributed by atoms with E-state index in [4.69, 9.17) is 9.47 Å². The number of hydrogen-bond donors (Lipinski definition) is 1. The van der Waals surface area contributed by atoms with E-state index in [1.54, 1.807) is 0 Å². The van der Waals surface area contributed by atoms with Gasteiger partial charge in [0.25, 0.3) is 0 Å². The van der Waals surface area contributed by atoms with Crippen LogP contribution in [0.25, 0.3) is 0 Å². The lowest BCUT2D eigenvalue weighted by Gasteiger charge is -2.32. The zero-order valence-electron chi connectivity index (χ0n) is 10.1. The van der Waals surface area contributed by atoms with Gasteiger partial charge in [-0.2, -0.15) is 11.8 Å². The SMILES string of the molecule is CCS[C@@H]1CCCC[C@@H]1NCC1OCCO1. The Balaban J connectivity index is 1.72. The summed E-state index contributed by atoms with van der Waals surface area (Å²) in [7, 11) is 0. The van der Waals surface area contributed by atoms with Gasteiger partial charge in [-0.3, -0.25) is 0 Å². The van der Waals surface area contributed by atoms with E-state index in [-0.39, 0.29) is 6.29 Å². The summed E-state index contributed by atoms with van der Waals surface area (Å²) in [5, 5.41) is 4.42. The summed E-state index contributed by atoms with van der Waals surface area (Å²) < 4.78 is 10.9. The third-order valence-corrected chi connectivity index (χ3v) is 4.65. The topological polar surface area (TPSA) is 30.5 Å². The Kier molecular flexibility index (Phi) is 5.42. The Labute approximate surface area is 103 Å². The molecule has 1 saturated carbocycles. The van der Waals surface area contributed by atoms with Crippen LogP contribution in [-0.4, -0.2) is 43.1 Å². The molecular formula is C12H23NO2S. The van der Waals surface area contributed by atoms with Crippen molar-refractivity contribution in [2.45, 2.75) is 50.2 Å². The van der Waals surface area contributed by atoms with Gasteiger partial charge in [0.05, 0.1) is 13.2 Å². The molecule has 0 aromatic rings. The molecule has 2 fully saturated rings. The normalized spacial score (nSPS) is 32.1. The molecule has 0 spiro atoms. The van der Waals surface area contributed by atoms with Gasteiger partial charge in [0.15, 0.2) is 6.29 Å². The smallest absolute Gasteiger partial charge is 0.170 e. The first-order chi connectivity index (χ1) is 7.90. The van der Waals surface area contributed by atoms with E-state index < -0.39 is 0 Å². The molecule has 0 unspecified atom stereocenters. The molecule has 2 rings (SSSR count). The first-order valence-electron chi connectivity index (χ1n) is 6.48. The van der Waals surface area contributed by atoms with Gasteiger partial charge in [0, 0.05) is 17.8 Å². The summed E-state index contributed by atoms with van der Waals surface area (Å²) in [5.41, 5.74) is 0. The second-order valence-electron chi connectivity index (χ2n) is 4.46. The van der Waals surface area contributed by atoms with E-state index in [0.29, 0.717) is 6.04 Å². The molecule has 2 aliphatic rings. The number of hydrogen-bond acceptors (Lipinski definition) is 4. The van der Waals surface area contributed by atoms with Crippen LogP contribution in [0.1, 0.15) is 32.6 Å². The van der Waals surface area contributed by atoms with E-state index in [1.165, 1.54) is 31.4 Å². The zero-order chi connectivity index (χ0) is 11.2. The van der Waals surface area contributed by atoms with E-state index in [0.717, 1.165) is 25.0 Å². The average Bonchev–Trinajstić information content (AvgIpc) is 2.81. The molecule has 0 aromatic carbocycles. The monoisotopic (exact) mass is 245 g/mol. The van der Waals surface area contributed by atoms with Crippen LogP contribution in [-0.2, 0) is 9.47 Å². The Morgan fingerprint density at radius 3 is 2.69 bits per heavy atom. The fraction of sp³-hybridized carbons (Fsp3) is 1.00. The molecule has 0 bridgehead atoms. The first kappa shape index (κ1) is 12.7. The fourth-order valence-corrected chi connectivity index (χ4v) is 3.74. The lowest BCUT2D eigenvalue weighted by Crippen LogP contribution is -2.44. The number of rotatable bonds is 5. The number of nitrogens with one attached hydrogen (secondary N) is 1. The summed E-state index contributed by atoms with van der Waals surface area (Å²) in [4.78, 5) is 0. The fourth-order valence-electron chi connectivity index (χ4n) is 2.52. The van der Waals surface area contributed by atoms with E-state index in [2.05, 4.69) is 24.0 Å². The molecule has 1 aliphatic heterocycles. The lowest BCUT2D eigenvalue weighted by molar-refractivity contribution is -0.0410. The molecular weight excluding hydrogens is 222 g/mol. The van der Waals surface area contributed by atoms with Crippen LogP contribution in [0.4, 0.5) is 0 Å². The van der Waals surface area contributed by atoms with Gasteiger partial charge in [-0.25, -0.2) is 0 Å². The maximum absolute atomic E-state index is 5.45. The van der Waals surface area contributed by atoms with Crippen LogP contribution in [0.15, 0.2) is 0 Å². The quantitative estimate of drug-likeness (QED) is 0.802. The van der Waals surface area contributed by atoms with E-state index in [9.17, 15) is 0 Å². The van der Waals surface area contributed by atoms with Crippen molar-refractivity contribution in [1.29, 1.82) is 0 Å². The van der Waals surface area contributed by atoms with Crippen LogP contribution < -0.4 is 5.32 Å². The predicted octanol–water partition coefficient (Wildman–Crippen LogP) is 2.01. The van der Waals surface area contributed by atoms with Crippen LogP contribution in [0.3, 0.4) is 0 Å². The van der Waals surface area contributed by atoms with Crippen LogP contribution in [0.2, 0.25) is 0 Å². The highest BCUT2D eigenvalue weighted by Crippen LogP contribution is 2.28. The Morgan fingerprint density at radius 2 is 1.94 bits per heavy atom. The van der Waals surface area contributed by atoms with Crippen molar-refractivity contribution in [2.24, 2.45) is 0 Å². The summed E-state index contributed by atoms with van der Waals surface area (Å²) in [6.07, 6.45) is 5.43. The molecule has 1 saturated heterocycles. The Morgan fingerprint density at radius 1 is 1.19 bits per heavy atom. The maximum Gasteiger partial charge on any atom is 0.170 e. The largest absolute Gasteiger partial charge is 0.349 e. The van der Waals surface area contributed by atoms with E-state index in [1.807, 2.05) is 0 Å². The van der Waals surface area contributed by atoms with Gasteiger partial charge in [-0.1, -0.05) is 19.8 Å². The van der Waals surface area contributed by atoms with Gasteiger partial charge in [0.2, 0.25) is 0 Å². The van der Waals surface area contributed by atoms with Crippen molar-refractivity contribution in [1.82, 2.24) is 5.32 Å². The molecule has 2 atom stereocenters. The highest BCUT2D eigenvalue weighted by atomic mass is 32.2. The van der Waals surface area contributed by atoms with Gasteiger partial charge >= 0.3 is 0 Å². The molecule has 0 amide bonds. The summed E-state index contributed by atoms with van der Waals surface area (Å²) in [6.45, 7) is 4.61. The number of thioether (sulfide) groups is 1. The van der Waals surface area contributed by atoms with Crippen molar-refractivity contribution < 1.29 is 9.47 Å². The van der Waals surface area contributed by atoms with Crippen LogP contribution >= 0.6 is 11.8 Å². The molecule has 4 heteroatoms. The molecule has 94 valence electrons. The second kappa shape index (κ2) is 6.84. The molecule has 1 heterocycles. The molecule has 0 radical (unpaired) electrons. The summed E-state index contributed by atoms with van der Waals surface area (Å²) in [5.74, 6) is 1.22. The second-order valence-corrected chi connectivity index (χ2v) is 5.98. The van der Waals surface area contributed by atoms with Crippen molar-refractivity contribution in [3.8, 4) is 0 Å². The zero-order valence-corrected chi connectivity index (χ0v) is 10.9. The molecule has 0 aromatic heterocycles. The van der Waals surface area contributed by atoms with Crippen LogP contribution in [0, 0.1) is 0 Å². The third-order valence-electron chi connectivity index (χ3n) is 3.32. The third kappa shape index (κ3) is 3.62. The maximum atomic E-state index is 5.45. The molecule has 16 heavy (non-hydrogen) atoms. The molecule has 1 N–H and O–H groups in total.